The molecule has 0 unspecified atom stereocenters. The summed E-state index contributed by atoms with van der Waals surface area (Å²) in [6.07, 6.45) is 3.08. The van der Waals surface area contributed by atoms with E-state index in [9.17, 15) is 4.79 Å². The fourth-order valence-corrected chi connectivity index (χ4v) is 3.70. The lowest BCUT2D eigenvalue weighted by molar-refractivity contribution is 0.0987. The Balaban J connectivity index is 1.77. The first kappa shape index (κ1) is 17.2. The number of aromatic nitrogens is 1. The number of hydrogen-bond acceptors (Lipinski definition) is 5. The first-order chi connectivity index (χ1) is 13.1. The van der Waals surface area contributed by atoms with Gasteiger partial charge in [-0.1, -0.05) is 35.1 Å². The molecule has 4 rings (SSSR count). The third-order valence-corrected chi connectivity index (χ3v) is 5.01. The number of furan rings is 1. The predicted octanol–water partition coefficient (Wildman–Crippen LogP) is 5.19. The van der Waals surface area contributed by atoms with Crippen LogP contribution in [0.2, 0.25) is 0 Å². The number of nitrogens with zero attached hydrogens (tertiary/aromatic N) is 3. The molecule has 0 aliphatic carbocycles. The van der Waals surface area contributed by atoms with Gasteiger partial charge in [-0.05, 0) is 55.8 Å². The standard InChI is InChI=1S/C21H17N3O2S/c1-14-5-3-6-16(11-14)20(25)24(22-13-17-7-4-10-26-17)21-23-18-9-8-15(2)12-19(18)27-21/h3-13H,1-2H3/b22-13-. The Labute approximate surface area is 160 Å². The zero-order valence-electron chi connectivity index (χ0n) is 14.9. The molecule has 0 radical (unpaired) electrons. The minimum absolute atomic E-state index is 0.239. The SMILES string of the molecule is Cc1cccc(C(=O)N(/N=C\c2ccco2)c2nc3ccc(C)cc3s2)c1. The molecule has 0 fully saturated rings. The topological polar surface area (TPSA) is 58.7 Å². The van der Waals surface area contributed by atoms with Gasteiger partial charge in [-0.3, -0.25) is 4.79 Å². The molecular formula is C21H17N3O2S. The van der Waals surface area contributed by atoms with Gasteiger partial charge in [0.25, 0.3) is 5.91 Å². The Morgan fingerprint density at radius 1 is 1.11 bits per heavy atom. The summed E-state index contributed by atoms with van der Waals surface area (Å²) in [6.45, 7) is 3.98. The monoisotopic (exact) mass is 375 g/mol. The number of anilines is 1. The highest BCUT2D eigenvalue weighted by atomic mass is 32.1. The van der Waals surface area contributed by atoms with E-state index in [1.54, 1.807) is 24.5 Å². The van der Waals surface area contributed by atoms with Gasteiger partial charge in [-0.25, -0.2) is 4.98 Å². The maximum absolute atomic E-state index is 13.1. The Bertz CT molecular complexity index is 1130. The van der Waals surface area contributed by atoms with Crippen LogP contribution in [0.15, 0.2) is 70.4 Å². The molecule has 4 aromatic rings. The molecule has 6 heteroatoms. The summed E-state index contributed by atoms with van der Waals surface area (Å²) in [5.41, 5.74) is 3.56. The average molecular weight is 375 g/mol. The lowest BCUT2D eigenvalue weighted by Gasteiger charge is -2.13. The number of carbonyl (C=O) groups excluding carboxylic acids is 1. The highest BCUT2D eigenvalue weighted by Crippen LogP contribution is 2.30. The fraction of sp³-hybridized carbons (Fsp3) is 0.0952. The highest BCUT2D eigenvalue weighted by molar-refractivity contribution is 7.22. The van der Waals surface area contributed by atoms with Crippen molar-refractivity contribution in [1.82, 2.24) is 4.98 Å². The predicted molar refractivity (Wildman–Crippen MR) is 109 cm³/mol. The summed E-state index contributed by atoms with van der Waals surface area (Å²) in [7, 11) is 0. The number of hydrazone groups is 1. The molecule has 0 atom stereocenters. The number of thiazole rings is 1. The second-order valence-corrected chi connectivity index (χ2v) is 7.22. The smallest absolute Gasteiger partial charge is 0.280 e. The van der Waals surface area contributed by atoms with Crippen molar-refractivity contribution in [2.45, 2.75) is 13.8 Å². The van der Waals surface area contributed by atoms with E-state index in [-0.39, 0.29) is 5.91 Å². The number of carbonyl (C=O) groups is 1. The van der Waals surface area contributed by atoms with E-state index in [0.717, 1.165) is 21.3 Å². The van der Waals surface area contributed by atoms with E-state index in [2.05, 4.69) is 16.2 Å². The molecule has 1 amide bonds. The first-order valence-corrected chi connectivity index (χ1v) is 9.27. The molecule has 0 saturated carbocycles. The summed E-state index contributed by atoms with van der Waals surface area (Å²) in [6, 6.07) is 17.0. The molecule has 2 aromatic heterocycles. The average Bonchev–Trinajstić information content (AvgIpc) is 3.31. The number of fused-ring (bicyclic) bond motifs is 1. The van der Waals surface area contributed by atoms with Crippen LogP contribution in [0.4, 0.5) is 5.13 Å². The Kier molecular flexibility index (Phi) is 4.56. The van der Waals surface area contributed by atoms with Crippen LogP contribution in [0, 0.1) is 13.8 Å². The van der Waals surface area contributed by atoms with Crippen LogP contribution in [0.1, 0.15) is 27.2 Å². The van der Waals surface area contributed by atoms with Crippen molar-refractivity contribution in [2.75, 3.05) is 5.01 Å². The van der Waals surface area contributed by atoms with Gasteiger partial charge in [0.2, 0.25) is 5.13 Å². The summed E-state index contributed by atoms with van der Waals surface area (Å²) in [4.78, 5) is 17.8. The van der Waals surface area contributed by atoms with Gasteiger partial charge >= 0.3 is 0 Å². The largest absolute Gasteiger partial charge is 0.463 e. The molecule has 5 nitrogen and oxygen atoms in total. The van der Waals surface area contributed by atoms with Crippen molar-refractivity contribution in [2.24, 2.45) is 5.10 Å². The second kappa shape index (κ2) is 7.17. The molecule has 134 valence electrons. The van der Waals surface area contributed by atoms with Crippen LogP contribution in [0.25, 0.3) is 10.2 Å². The van der Waals surface area contributed by atoms with E-state index in [1.807, 2.05) is 44.2 Å². The van der Waals surface area contributed by atoms with Crippen molar-refractivity contribution in [1.29, 1.82) is 0 Å². The second-order valence-electron chi connectivity index (χ2n) is 6.21. The molecule has 2 aromatic carbocycles. The minimum Gasteiger partial charge on any atom is -0.463 e. The zero-order chi connectivity index (χ0) is 18.8. The maximum atomic E-state index is 13.1. The molecule has 0 saturated heterocycles. The van der Waals surface area contributed by atoms with Crippen molar-refractivity contribution in [3.05, 3.63) is 83.3 Å². The van der Waals surface area contributed by atoms with Gasteiger partial charge in [0, 0.05) is 5.56 Å². The summed E-state index contributed by atoms with van der Waals surface area (Å²) >= 11 is 1.43. The molecule has 0 aliphatic rings. The number of aryl methyl sites for hydroxylation is 2. The van der Waals surface area contributed by atoms with Crippen molar-refractivity contribution < 1.29 is 9.21 Å². The normalized spacial score (nSPS) is 11.3. The van der Waals surface area contributed by atoms with E-state index >= 15 is 0 Å². The van der Waals surface area contributed by atoms with Gasteiger partial charge < -0.3 is 4.42 Å². The molecular weight excluding hydrogens is 358 g/mol. The number of rotatable bonds is 4. The van der Waals surface area contributed by atoms with Crippen LogP contribution in [0.3, 0.4) is 0 Å². The molecule has 27 heavy (non-hydrogen) atoms. The molecule has 0 bridgehead atoms. The zero-order valence-corrected chi connectivity index (χ0v) is 15.7. The summed E-state index contributed by atoms with van der Waals surface area (Å²) in [5, 5.41) is 6.22. The molecule has 2 heterocycles. The van der Waals surface area contributed by atoms with Gasteiger partial charge in [0.15, 0.2) is 0 Å². The van der Waals surface area contributed by atoms with Gasteiger partial charge in [0.05, 0.1) is 22.7 Å². The summed E-state index contributed by atoms with van der Waals surface area (Å²) in [5.74, 6) is 0.325. The van der Waals surface area contributed by atoms with Crippen LogP contribution < -0.4 is 5.01 Å². The van der Waals surface area contributed by atoms with Gasteiger partial charge in [-0.15, -0.1) is 0 Å². The molecule has 0 spiro atoms. The van der Waals surface area contributed by atoms with E-state index < -0.39 is 0 Å². The molecule has 0 N–H and O–H groups in total. The van der Waals surface area contributed by atoms with E-state index in [4.69, 9.17) is 4.42 Å². The lowest BCUT2D eigenvalue weighted by atomic mass is 10.1. The van der Waals surface area contributed by atoms with E-state index in [0.29, 0.717) is 16.5 Å². The Morgan fingerprint density at radius 2 is 1.96 bits per heavy atom. The Hall–Kier alpha value is -3.25. The number of benzene rings is 2. The fourth-order valence-electron chi connectivity index (χ4n) is 2.68. The number of hydrogen-bond donors (Lipinski definition) is 0. The maximum Gasteiger partial charge on any atom is 0.280 e. The summed E-state index contributed by atoms with van der Waals surface area (Å²) < 4.78 is 6.31. The third kappa shape index (κ3) is 3.66. The van der Waals surface area contributed by atoms with Crippen LogP contribution in [-0.4, -0.2) is 17.1 Å². The minimum atomic E-state index is -0.239. The van der Waals surface area contributed by atoms with Gasteiger partial charge in [-0.2, -0.15) is 10.1 Å². The first-order valence-electron chi connectivity index (χ1n) is 8.46. The van der Waals surface area contributed by atoms with Crippen molar-refractivity contribution in [3.8, 4) is 0 Å². The van der Waals surface area contributed by atoms with Gasteiger partial charge in [0.1, 0.15) is 5.76 Å². The van der Waals surface area contributed by atoms with E-state index in [1.165, 1.54) is 22.6 Å². The Morgan fingerprint density at radius 3 is 2.74 bits per heavy atom. The molecule has 0 aliphatic heterocycles. The van der Waals surface area contributed by atoms with Crippen molar-refractivity contribution >= 4 is 38.8 Å². The van der Waals surface area contributed by atoms with Crippen LogP contribution in [0.5, 0.6) is 0 Å². The number of amides is 1. The lowest BCUT2D eigenvalue weighted by Crippen LogP contribution is -2.25. The van der Waals surface area contributed by atoms with Crippen molar-refractivity contribution in [3.63, 3.8) is 0 Å². The van der Waals surface area contributed by atoms with Crippen LogP contribution in [-0.2, 0) is 0 Å². The van der Waals surface area contributed by atoms with Crippen LogP contribution >= 0.6 is 11.3 Å². The quantitative estimate of drug-likeness (QED) is 0.364. The third-order valence-electron chi connectivity index (χ3n) is 4.01. The highest BCUT2D eigenvalue weighted by Gasteiger charge is 2.21.